The number of carbonyl (C=O) groups excluding carboxylic acids is 5. The van der Waals surface area contributed by atoms with Crippen LogP contribution in [0.1, 0.15) is 45.0 Å². The minimum atomic E-state index is -1.59. The molecule has 1 saturated heterocycles. The summed E-state index contributed by atoms with van der Waals surface area (Å²) in [5, 5.41) is 10.2. The molecule has 0 saturated carbocycles. The van der Waals surface area contributed by atoms with Crippen molar-refractivity contribution in [3.63, 3.8) is 0 Å². The summed E-state index contributed by atoms with van der Waals surface area (Å²) in [4.78, 5) is 59.1. The Hall–Kier alpha value is -3.38. The predicted molar refractivity (Wildman–Crippen MR) is 116 cm³/mol. The molecule has 2 rings (SSSR count). The fourth-order valence-electron chi connectivity index (χ4n) is 3.42. The number of aromatic hydroxyl groups is 1. The Morgan fingerprint density at radius 2 is 1.40 bits per heavy atom. The van der Waals surface area contributed by atoms with E-state index in [9.17, 15) is 29.1 Å². The Balaban J connectivity index is 2.59. The number of hydrogen-bond acceptors (Lipinski definition) is 12. The quantitative estimate of drug-likeness (QED) is 0.303. The summed E-state index contributed by atoms with van der Waals surface area (Å²) in [5.41, 5.74) is -0.248. The Morgan fingerprint density at radius 1 is 0.857 bits per heavy atom. The molecule has 0 aromatic heterocycles. The molecule has 1 aliphatic heterocycles. The van der Waals surface area contributed by atoms with Gasteiger partial charge in [-0.25, -0.2) is 0 Å². The number of phenols is 1. The van der Waals surface area contributed by atoms with E-state index in [1.165, 1.54) is 13.0 Å². The van der Waals surface area contributed by atoms with Gasteiger partial charge in [0.2, 0.25) is 12.4 Å². The van der Waals surface area contributed by atoms with Gasteiger partial charge >= 0.3 is 23.9 Å². The first-order chi connectivity index (χ1) is 16.3. The van der Waals surface area contributed by atoms with Crippen LogP contribution in [0, 0.1) is 0 Å². The van der Waals surface area contributed by atoms with Crippen molar-refractivity contribution in [3.05, 3.63) is 22.7 Å². The van der Waals surface area contributed by atoms with E-state index in [1.807, 2.05) is 0 Å². The van der Waals surface area contributed by atoms with E-state index in [2.05, 4.69) is 0 Å². The standard InChI is InChI=1S/C22H25ClO12/c1-9(24)18-15(29)6-14(23)7-16(18)34-22-21(33-13(5)28)20(32-12(4)27)19(31-11(3)26)17(35-22)8-30-10(2)25/h6-7,17,19-22,29H,8H2,1-5H3/t17-,19-,20+,21-,22-/m1/s1. The number of esters is 4. The van der Waals surface area contributed by atoms with Crippen molar-refractivity contribution in [1.29, 1.82) is 0 Å². The maximum Gasteiger partial charge on any atom is 0.303 e. The largest absolute Gasteiger partial charge is 0.507 e. The number of carbonyl (C=O) groups is 5. The molecule has 1 aliphatic rings. The number of benzene rings is 1. The molecule has 1 heterocycles. The number of hydrogen-bond donors (Lipinski definition) is 1. The van der Waals surface area contributed by atoms with Crippen LogP contribution in [-0.2, 0) is 42.9 Å². The van der Waals surface area contributed by atoms with Crippen molar-refractivity contribution >= 4 is 41.3 Å². The smallest absolute Gasteiger partial charge is 0.303 e. The average molecular weight is 517 g/mol. The van der Waals surface area contributed by atoms with Gasteiger partial charge in [0.25, 0.3) is 0 Å². The van der Waals surface area contributed by atoms with Gasteiger partial charge < -0.3 is 33.5 Å². The summed E-state index contributed by atoms with van der Waals surface area (Å²) in [7, 11) is 0. The Bertz CT molecular complexity index is 1010. The Labute approximate surface area is 205 Å². The molecular weight excluding hydrogens is 492 g/mol. The van der Waals surface area contributed by atoms with Crippen molar-refractivity contribution in [2.24, 2.45) is 0 Å². The highest BCUT2D eigenvalue weighted by atomic mass is 35.5. The summed E-state index contributed by atoms with van der Waals surface area (Å²) < 4.78 is 32.5. The van der Waals surface area contributed by atoms with Gasteiger partial charge in [-0.15, -0.1) is 0 Å². The number of ether oxygens (including phenoxy) is 6. The van der Waals surface area contributed by atoms with Crippen LogP contribution in [0.25, 0.3) is 0 Å². The van der Waals surface area contributed by atoms with Gasteiger partial charge in [-0.2, -0.15) is 0 Å². The third kappa shape index (κ3) is 7.55. The minimum Gasteiger partial charge on any atom is -0.507 e. The first-order valence-corrected chi connectivity index (χ1v) is 10.7. The van der Waals surface area contributed by atoms with Gasteiger partial charge in [0, 0.05) is 32.7 Å². The molecule has 12 nitrogen and oxygen atoms in total. The second-order valence-corrected chi connectivity index (χ2v) is 7.98. The molecule has 0 spiro atoms. The molecule has 0 aliphatic carbocycles. The van der Waals surface area contributed by atoms with E-state index in [1.54, 1.807) is 0 Å². The zero-order valence-corrected chi connectivity index (χ0v) is 20.3. The van der Waals surface area contributed by atoms with Crippen molar-refractivity contribution in [1.82, 2.24) is 0 Å². The van der Waals surface area contributed by atoms with Gasteiger partial charge in [-0.1, -0.05) is 11.6 Å². The number of ketones is 1. The second-order valence-electron chi connectivity index (χ2n) is 7.54. The Morgan fingerprint density at radius 3 is 1.91 bits per heavy atom. The van der Waals surface area contributed by atoms with Crippen LogP contribution in [0.2, 0.25) is 5.02 Å². The highest BCUT2D eigenvalue weighted by molar-refractivity contribution is 6.31. The topological polar surface area (TPSA) is 161 Å². The number of phenolic OH excluding ortho intramolecular Hbond substituents is 1. The summed E-state index contributed by atoms with van der Waals surface area (Å²) in [6, 6.07) is 2.34. The number of halogens is 1. The maximum absolute atomic E-state index is 12.1. The minimum absolute atomic E-state index is 0.00753. The van der Waals surface area contributed by atoms with E-state index in [-0.39, 0.29) is 16.3 Å². The molecule has 0 amide bonds. The van der Waals surface area contributed by atoms with Crippen molar-refractivity contribution in [3.8, 4) is 11.5 Å². The van der Waals surface area contributed by atoms with Gasteiger partial charge in [-0.05, 0) is 19.1 Å². The lowest BCUT2D eigenvalue weighted by Crippen LogP contribution is -2.63. The van der Waals surface area contributed by atoms with Crippen molar-refractivity contribution < 1.29 is 57.5 Å². The summed E-state index contributed by atoms with van der Waals surface area (Å²) in [5.74, 6) is -4.42. The lowest BCUT2D eigenvalue weighted by Gasteiger charge is -2.44. The number of rotatable bonds is 8. The molecule has 0 radical (unpaired) electrons. The van der Waals surface area contributed by atoms with Gasteiger partial charge in [0.15, 0.2) is 18.0 Å². The van der Waals surface area contributed by atoms with Crippen LogP contribution >= 0.6 is 11.6 Å². The average Bonchev–Trinajstić information content (AvgIpc) is 2.69. The summed E-state index contributed by atoms with van der Waals surface area (Å²) in [6.45, 7) is 5.08. The monoisotopic (exact) mass is 516 g/mol. The zero-order valence-electron chi connectivity index (χ0n) is 19.6. The lowest BCUT2D eigenvalue weighted by atomic mass is 9.98. The van der Waals surface area contributed by atoms with E-state index >= 15 is 0 Å². The molecule has 192 valence electrons. The van der Waals surface area contributed by atoms with Crippen molar-refractivity contribution in [2.45, 2.75) is 65.3 Å². The molecule has 0 bridgehead atoms. The summed E-state index contributed by atoms with van der Waals surface area (Å²) in [6.07, 6.45) is -7.20. The lowest BCUT2D eigenvalue weighted by molar-refractivity contribution is -0.288. The van der Waals surface area contributed by atoms with Crippen LogP contribution in [0.3, 0.4) is 0 Å². The third-order valence-electron chi connectivity index (χ3n) is 4.59. The molecule has 1 aromatic rings. The zero-order chi connectivity index (χ0) is 26.4. The molecule has 1 N–H and O–H groups in total. The van der Waals surface area contributed by atoms with E-state index < -0.39 is 72.7 Å². The fraction of sp³-hybridized carbons (Fsp3) is 0.500. The van der Waals surface area contributed by atoms with Gasteiger partial charge in [-0.3, -0.25) is 24.0 Å². The molecule has 13 heteroatoms. The van der Waals surface area contributed by atoms with E-state index in [0.29, 0.717) is 0 Å². The van der Waals surface area contributed by atoms with Crippen LogP contribution in [-0.4, -0.2) is 72.1 Å². The summed E-state index contributed by atoms with van der Waals surface area (Å²) >= 11 is 5.99. The van der Waals surface area contributed by atoms with Crippen LogP contribution in [0.4, 0.5) is 0 Å². The van der Waals surface area contributed by atoms with E-state index in [0.717, 1.165) is 33.8 Å². The van der Waals surface area contributed by atoms with E-state index in [4.69, 9.17) is 40.0 Å². The SMILES string of the molecule is CC(=O)OC[C@H]1O[C@@H](Oc2cc(Cl)cc(O)c2C(C)=O)[C@H](OC(C)=O)[C@@H](OC(C)=O)[C@@H]1OC(C)=O. The fourth-order valence-corrected chi connectivity index (χ4v) is 3.63. The molecular formula is C22H25ClO12. The predicted octanol–water partition coefficient (Wildman–Crippen LogP) is 1.71. The first kappa shape index (κ1) is 27.9. The number of Topliss-reactive ketones (excluding diaryl/α,β-unsaturated/α-hetero) is 1. The normalized spacial score (nSPS) is 23.5. The third-order valence-corrected chi connectivity index (χ3v) is 4.81. The first-order valence-electron chi connectivity index (χ1n) is 10.3. The maximum atomic E-state index is 12.1. The Kier molecular flexibility index (Phi) is 9.43. The highest BCUT2D eigenvalue weighted by Gasteiger charge is 2.53. The van der Waals surface area contributed by atoms with Crippen LogP contribution < -0.4 is 4.74 Å². The van der Waals surface area contributed by atoms with Gasteiger partial charge in [0.05, 0.1) is 0 Å². The molecule has 0 unspecified atom stereocenters. The van der Waals surface area contributed by atoms with Gasteiger partial charge in [0.1, 0.15) is 29.8 Å². The molecule has 35 heavy (non-hydrogen) atoms. The highest BCUT2D eigenvalue weighted by Crippen LogP contribution is 2.36. The molecule has 1 aromatic carbocycles. The molecule has 5 atom stereocenters. The van der Waals surface area contributed by atoms with Crippen LogP contribution in [0.15, 0.2) is 12.1 Å². The van der Waals surface area contributed by atoms with Crippen LogP contribution in [0.5, 0.6) is 11.5 Å². The molecule has 1 fully saturated rings. The van der Waals surface area contributed by atoms with Crippen molar-refractivity contribution in [2.75, 3.05) is 6.61 Å². The second kappa shape index (κ2) is 11.8.